The maximum absolute atomic E-state index is 13.0. The van der Waals surface area contributed by atoms with Crippen LogP contribution in [0.15, 0.2) is 23.7 Å². The van der Waals surface area contributed by atoms with E-state index in [-0.39, 0.29) is 24.0 Å². The molecule has 0 aromatic carbocycles. The molecule has 26 heavy (non-hydrogen) atoms. The van der Waals surface area contributed by atoms with Crippen LogP contribution < -0.4 is 5.32 Å². The molecule has 1 saturated heterocycles. The van der Waals surface area contributed by atoms with E-state index in [9.17, 15) is 9.59 Å². The Kier molecular flexibility index (Phi) is 4.28. The number of rotatable bonds is 3. The van der Waals surface area contributed by atoms with Crippen molar-refractivity contribution in [3.63, 3.8) is 0 Å². The van der Waals surface area contributed by atoms with Crippen LogP contribution in [0.25, 0.3) is 0 Å². The third kappa shape index (κ3) is 3.01. The van der Waals surface area contributed by atoms with Crippen molar-refractivity contribution >= 4 is 23.2 Å². The maximum atomic E-state index is 13.0. The fourth-order valence-corrected chi connectivity index (χ4v) is 4.19. The van der Waals surface area contributed by atoms with E-state index in [2.05, 4.69) is 15.6 Å². The van der Waals surface area contributed by atoms with Crippen molar-refractivity contribution in [3.8, 4) is 0 Å². The molecule has 138 valence electrons. The van der Waals surface area contributed by atoms with Gasteiger partial charge in [-0.1, -0.05) is 11.3 Å². The average molecular weight is 375 g/mol. The molecule has 0 saturated carbocycles. The molecule has 1 fully saturated rings. The largest absolute Gasteiger partial charge is 0.368 e. The van der Waals surface area contributed by atoms with E-state index < -0.39 is 5.54 Å². The predicted molar refractivity (Wildman–Crippen MR) is 94.7 cm³/mol. The lowest BCUT2D eigenvalue weighted by Crippen LogP contribution is -2.60. The fourth-order valence-electron chi connectivity index (χ4n) is 3.57. The highest BCUT2D eigenvalue weighted by molar-refractivity contribution is 7.12. The molecule has 0 unspecified atom stereocenters. The normalized spacial score (nSPS) is 22.5. The number of carbonyl (C=O) groups is 2. The highest BCUT2D eigenvalue weighted by Crippen LogP contribution is 2.31. The minimum atomic E-state index is -0.985. The summed E-state index contributed by atoms with van der Waals surface area (Å²) in [5.74, 6) is -0.330. The Labute approximate surface area is 155 Å². The summed E-state index contributed by atoms with van der Waals surface area (Å²) in [4.78, 5) is 27.7. The summed E-state index contributed by atoms with van der Waals surface area (Å²) in [6.07, 6.45) is 2.37. The van der Waals surface area contributed by atoms with Crippen molar-refractivity contribution in [1.29, 1.82) is 0 Å². The molecule has 2 atom stereocenters. The van der Waals surface area contributed by atoms with E-state index in [1.807, 2.05) is 16.1 Å². The zero-order valence-corrected chi connectivity index (χ0v) is 15.5. The molecule has 4 heterocycles. The number of hydrogen-bond acceptors (Lipinski definition) is 6. The number of amides is 2. The number of piperidine rings is 1. The van der Waals surface area contributed by atoms with Gasteiger partial charge in [0, 0.05) is 13.1 Å². The second-order valence-electron chi connectivity index (χ2n) is 7.18. The van der Waals surface area contributed by atoms with E-state index in [0.717, 1.165) is 12.1 Å². The highest BCUT2D eigenvalue weighted by atomic mass is 32.1. The molecular formula is C17H21N5O3S. The standard InChI is InChI=1S/C17H21N5O3S/c1-17(2,19-15(23)14-4-3-7-26-14)16(24)21-6-5-12-13(9-21)25-10-11-8-18-20-22(11)12/h3-4,7-8,12-13H,5-6,9-10H2,1-2H3,(H,19,23)/t12-,13-/m0/s1. The molecule has 2 aromatic rings. The van der Waals surface area contributed by atoms with Crippen LogP contribution in [0.3, 0.4) is 0 Å². The molecule has 2 aliphatic heterocycles. The first-order valence-corrected chi connectivity index (χ1v) is 9.50. The van der Waals surface area contributed by atoms with Gasteiger partial charge in [-0.25, -0.2) is 4.68 Å². The smallest absolute Gasteiger partial charge is 0.262 e. The Morgan fingerprint density at radius 3 is 3.04 bits per heavy atom. The van der Waals surface area contributed by atoms with Gasteiger partial charge in [0.15, 0.2) is 0 Å². The molecule has 8 nitrogen and oxygen atoms in total. The third-order valence-corrected chi connectivity index (χ3v) is 5.79. The SMILES string of the molecule is CC(C)(NC(=O)c1cccs1)C(=O)N1CC[C@H]2[C@H](C1)OCc1cnnn12. The molecule has 0 spiro atoms. The van der Waals surface area contributed by atoms with E-state index in [0.29, 0.717) is 24.6 Å². The summed E-state index contributed by atoms with van der Waals surface area (Å²) in [5, 5.41) is 12.8. The topological polar surface area (TPSA) is 89.3 Å². The quantitative estimate of drug-likeness (QED) is 0.871. The summed E-state index contributed by atoms with van der Waals surface area (Å²) >= 11 is 1.36. The Bertz CT molecular complexity index is 816. The molecule has 0 bridgehead atoms. The number of nitrogens with one attached hydrogen (secondary N) is 1. The van der Waals surface area contributed by atoms with Crippen molar-refractivity contribution in [2.24, 2.45) is 0 Å². The van der Waals surface area contributed by atoms with Crippen LogP contribution in [0.5, 0.6) is 0 Å². The van der Waals surface area contributed by atoms with Crippen LogP contribution >= 0.6 is 11.3 Å². The summed E-state index contributed by atoms with van der Waals surface area (Å²) in [5.41, 5.74) is -0.0179. The second kappa shape index (κ2) is 6.48. The average Bonchev–Trinajstić information content (AvgIpc) is 3.31. The number of carbonyl (C=O) groups excluding carboxylic acids is 2. The number of fused-ring (bicyclic) bond motifs is 3. The number of ether oxygens (including phenoxy) is 1. The van der Waals surface area contributed by atoms with Crippen molar-refractivity contribution in [3.05, 3.63) is 34.3 Å². The van der Waals surface area contributed by atoms with Crippen molar-refractivity contribution in [1.82, 2.24) is 25.2 Å². The van der Waals surface area contributed by atoms with Gasteiger partial charge in [0.1, 0.15) is 5.54 Å². The number of hydrogen-bond donors (Lipinski definition) is 1. The van der Waals surface area contributed by atoms with Gasteiger partial charge in [-0.05, 0) is 31.7 Å². The Morgan fingerprint density at radius 1 is 1.42 bits per heavy atom. The molecule has 0 aliphatic carbocycles. The first kappa shape index (κ1) is 17.2. The van der Waals surface area contributed by atoms with E-state index in [1.165, 1.54) is 11.3 Å². The number of nitrogens with zero attached hydrogens (tertiary/aromatic N) is 4. The number of likely N-dealkylation sites (tertiary alicyclic amines) is 1. The van der Waals surface area contributed by atoms with E-state index in [4.69, 9.17) is 4.74 Å². The molecule has 2 aromatic heterocycles. The zero-order chi connectivity index (χ0) is 18.3. The van der Waals surface area contributed by atoms with Gasteiger partial charge in [-0.3, -0.25) is 9.59 Å². The van der Waals surface area contributed by atoms with Crippen molar-refractivity contribution in [2.75, 3.05) is 13.1 Å². The molecule has 1 N–H and O–H groups in total. The van der Waals surface area contributed by atoms with Crippen molar-refractivity contribution < 1.29 is 14.3 Å². The summed E-state index contributed by atoms with van der Waals surface area (Å²) in [6, 6.07) is 3.67. The predicted octanol–water partition coefficient (Wildman–Crippen LogP) is 1.22. The first-order chi connectivity index (χ1) is 12.5. The minimum absolute atomic E-state index is 0.103. The molecule has 9 heteroatoms. The number of thiophene rings is 1. The van der Waals surface area contributed by atoms with Crippen LogP contribution in [0.1, 0.15) is 41.7 Å². The zero-order valence-electron chi connectivity index (χ0n) is 14.7. The lowest BCUT2D eigenvalue weighted by atomic mass is 9.96. The first-order valence-electron chi connectivity index (χ1n) is 8.62. The Balaban J connectivity index is 1.43. The van der Waals surface area contributed by atoms with Crippen molar-refractivity contribution in [2.45, 2.75) is 44.6 Å². The van der Waals surface area contributed by atoms with Gasteiger partial charge in [0.2, 0.25) is 5.91 Å². The van der Waals surface area contributed by atoms with Gasteiger partial charge in [0.05, 0.1) is 35.5 Å². The summed E-state index contributed by atoms with van der Waals surface area (Å²) in [6.45, 7) is 5.02. The molecular weight excluding hydrogens is 354 g/mol. The van der Waals surface area contributed by atoms with E-state index in [1.54, 1.807) is 31.0 Å². The third-order valence-electron chi connectivity index (χ3n) is 4.93. The van der Waals surface area contributed by atoms with Gasteiger partial charge < -0.3 is 15.0 Å². The van der Waals surface area contributed by atoms with Crippen LogP contribution in [-0.4, -0.2) is 56.4 Å². The van der Waals surface area contributed by atoms with Gasteiger partial charge in [0.25, 0.3) is 5.91 Å². The lowest BCUT2D eigenvalue weighted by molar-refractivity contribution is -0.145. The van der Waals surface area contributed by atoms with Crippen LogP contribution in [0.4, 0.5) is 0 Å². The second-order valence-corrected chi connectivity index (χ2v) is 8.13. The molecule has 2 amide bonds. The molecule has 2 aliphatic rings. The lowest BCUT2D eigenvalue weighted by Gasteiger charge is -2.43. The molecule has 0 radical (unpaired) electrons. The maximum Gasteiger partial charge on any atom is 0.262 e. The molecule has 4 rings (SSSR count). The van der Waals surface area contributed by atoms with Gasteiger partial charge in [-0.2, -0.15) is 0 Å². The number of aromatic nitrogens is 3. The fraction of sp³-hybridized carbons (Fsp3) is 0.529. The Morgan fingerprint density at radius 2 is 2.27 bits per heavy atom. The summed E-state index contributed by atoms with van der Waals surface area (Å²) < 4.78 is 7.84. The monoisotopic (exact) mass is 375 g/mol. The Hall–Kier alpha value is -2.26. The minimum Gasteiger partial charge on any atom is -0.368 e. The van der Waals surface area contributed by atoms with Crippen LogP contribution in [0, 0.1) is 0 Å². The highest BCUT2D eigenvalue weighted by Gasteiger charge is 2.41. The van der Waals surface area contributed by atoms with Crippen LogP contribution in [-0.2, 0) is 16.1 Å². The summed E-state index contributed by atoms with van der Waals surface area (Å²) in [7, 11) is 0. The van der Waals surface area contributed by atoms with Gasteiger partial charge >= 0.3 is 0 Å². The van der Waals surface area contributed by atoms with Crippen LogP contribution in [0.2, 0.25) is 0 Å². The van der Waals surface area contributed by atoms with Gasteiger partial charge in [-0.15, -0.1) is 16.4 Å². The van der Waals surface area contributed by atoms with E-state index >= 15 is 0 Å².